The highest BCUT2D eigenvalue weighted by molar-refractivity contribution is 7.08. The lowest BCUT2D eigenvalue weighted by Crippen LogP contribution is -2.41. The number of carbonyl (C=O) groups is 2. The van der Waals surface area contributed by atoms with Crippen LogP contribution in [0, 0.1) is 0 Å². The Morgan fingerprint density at radius 1 is 1.12 bits per heavy atom. The minimum Gasteiger partial charge on any atom is -0.443 e. The predicted octanol–water partition coefficient (Wildman–Crippen LogP) is 5.04. The molecule has 0 aliphatic carbocycles. The largest absolute Gasteiger partial charge is 0.443 e. The van der Waals surface area contributed by atoms with Crippen LogP contribution in [0.5, 0.6) is 0 Å². The molecule has 0 saturated heterocycles. The topological polar surface area (TPSA) is 59.0 Å². The maximum absolute atomic E-state index is 12.7. The summed E-state index contributed by atoms with van der Waals surface area (Å²) in [6, 6.07) is 3.83. The van der Waals surface area contributed by atoms with Crippen molar-refractivity contribution in [3.05, 3.63) is 56.6 Å². The van der Waals surface area contributed by atoms with Gasteiger partial charge in [0.2, 0.25) is 0 Å². The molecule has 0 saturated carbocycles. The molecule has 134 valence electrons. The Labute approximate surface area is 159 Å². The van der Waals surface area contributed by atoms with Crippen LogP contribution in [0.3, 0.4) is 0 Å². The van der Waals surface area contributed by atoms with Gasteiger partial charge in [-0.2, -0.15) is 27.6 Å². The minimum atomic E-state index is -0.732. The van der Waals surface area contributed by atoms with E-state index in [9.17, 15) is 9.59 Å². The van der Waals surface area contributed by atoms with E-state index in [4.69, 9.17) is 4.74 Å². The van der Waals surface area contributed by atoms with Gasteiger partial charge in [0.1, 0.15) is 17.1 Å². The van der Waals surface area contributed by atoms with E-state index >= 15 is 0 Å². The first-order valence-corrected chi connectivity index (χ1v) is 9.82. The Hall–Kier alpha value is -2.51. The van der Waals surface area contributed by atoms with Crippen LogP contribution < -0.4 is 0 Å². The lowest BCUT2D eigenvalue weighted by molar-refractivity contribution is -0.122. The number of nitrogens with zero attached hydrogens (tertiary/aromatic N) is 2. The molecule has 3 heterocycles. The molecule has 26 heavy (non-hydrogen) atoms. The highest BCUT2D eigenvalue weighted by atomic mass is 32.1. The SMILES string of the molecule is CC(C)(C)OC(=O)N1C(=O)/C(=C/c2ccsc2)N=C1/C=C/c1ccsc1. The van der Waals surface area contributed by atoms with Gasteiger partial charge >= 0.3 is 6.09 Å². The van der Waals surface area contributed by atoms with E-state index in [2.05, 4.69) is 4.99 Å². The van der Waals surface area contributed by atoms with Crippen molar-refractivity contribution in [3.63, 3.8) is 0 Å². The Morgan fingerprint density at radius 2 is 1.77 bits per heavy atom. The van der Waals surface area contributed by atoms with Gasteiger partial charge in [-0.25, -0.2) is 9.79 Å². The molecule has 7 heteroatoms. The zero-order valence-corrected chi connectivity index (χ0v) is 16.3. The van der Waals surface area contributed by atoms with Crippen molar-refractivity contribution in [1.29, 1.82) is 0 Å². The number of carbonyl (C=O) groups excluding carboxylic acids is 2. The molecular formula is C19H18N2O3S2. The van der Waals surface area contributed by atoms with Crippen LogP contribution in [0.25, 0.3) is 12.2 Å². The standard InChI is InChI=1S/C19H18N2O3S2/c1-19(2,3)24-18(23)21-16(5-4-13-6-8-25-11-13)20-15(17(21)22)10-14-7-9-26-12-14/h4-12H,1-3H3/b5-4+,15-10-. The van der Waals surface area contributed by atoms with Gasteiger partial charge in [-0.3, -0.25) is 4.79 Å². The van der Waals surface area contributed by atoms with Gasteiger partial charge in [-0.05, 0) is 77.7 Å². The fourth-order valence-corrected chi connectivity index (χ4v) is 3.43. The van der Waals surface area contributed by atoms with Crippen LogP contribution in [-0.4, -0.2) is 28.3 Å². The van der Waals surface area contributed by atoms with Crippen LogP contribution in [-0.2, 0) is 9.53 Å². The minimum absolute atomic E-state index is 0.208. The van der Waals surface area contributed by atoms with Gasteiger partial charge in [0.15, 0.2) is 0 Å². The zero-order valence-electron chi connectivity index (χ0n) is 14.6. The van der Waals surface area contributed by atoms with Crippen LogP contribution in [0.4, 0.5) is 4.79 Å². The third kappa shape index (κ3) is 4.36. The number of thiophene rings is 2. The Kier molecular flexibility index (Phi) is 5.20. The van der Waals surface area contributed by atoms with E-state index < -0.39 is 17.6 Å². The molecule has 0 N–H and O–H groups in total. The van der Waals surface area contributed by atoms with Crippen molar-refractivity contribution in [2.45, 2.75) is 26.4 Å². The predicted molar refractivity (Wildman–Crippen MR) is 106 cm³/mol. The molecular weight excluding hydrogens is 368 g/mol. The molecule has 0 aromatic carbocycles. The molecule has 3 rings (SSSR count). The van der Waals surface area contributed by atoms with E-state index in [0.29, 0.717) is 0 Å². The highest BCUT2D eigenvalue weighted by Gasteiger charge is 2.37. The summed E-state index contributed by atoms with van der Waals surface area (Å²) >= 11 is 3.09. The summed E-state index contributed by atoms with van der Waals surface area (Å²) in [5, 5.41) is 7.74. The van der Waals surface area contributed by atoms with E-state index in [1.807, 2.05) is 39.7 Å². The zero-order chi connectivity index (χ0) is 18.7. The maximum Gasteiger partial charge on any atom is 0.423 e. The fourth-order valence-electron chi connectivity index (χ4n) is 2.19. The summed E-state index contributed by atoms with van der Waals surface area (Å²) in [5.41, 5.74) is 1.34. The molecule has 0 spiro atoms. The van der Waals surface area contributed by atoms with Crippen molar-refractivity contribution in [1.82, 2.24) is 4.90 Å². The number of ether oxygens (including phenoxy) is 1. The summed E-state index contributed by atoms with van der Waals surface area (Å²) in [5.74, 6) is -0.243. The lowest BCUT2D eigenvalue weighted by Gasteiger charge is -2.23. The summed E-state index contributed by atoms with van der Waals surface area (Å²) in [6.45, 7) is 5.27. The number of hydrogen-bond donors (Lipinski definition) is 0. The van der Waals surface area contributed by atoms with Crippen molar-refractivity contribution >= 4 is 52.7 Å². The smallest absolute Gasteiger partial charge is 0.423 e. The number of hydrogen-bond acceptors (Lipinski definition) is 6. The van der Waals surface area contributed by atoms with E-state index in [1.165, 1.54) is 11.3 Å². The molecule has 1 aliphatic rings. The summed E-state index contributed by atoms with van der Waals surface area (Å²) in [4.78, 5) is 30.6. The summed E-state index contributed by atoms with van der Waals surface area (Å²) in [7, 11) is 0. The van der Waals surface area contributed by atoms with Crippen LogP contribution in [0.2, 0.25) is 0 Å². The highest BCUT2D eigenvalue weighted by Crippen LogP contribution is 2.23. The average Bonchev–Trinajstić information content (AvgIpc) is 3.27. The molecule has 0 unspecified atom stereocenters. The molecule has 0 atom stereocenters. The molecule has 1 aliphatic heterocycles. The molecule has 2 aromatic rings. The second-order valence-electron chi connectivity index (χ2n) is 6.57. The van der Waals surface area contributed by atoms with E-state index in [-0.39, 0.29) is 11.5 Å². The van der Waals surface area contributed by atoms with Gasteiger partial charge in [0.25, 0.3) is 5.91 Å². The number of amidine groups is 1. The first kappa shape index (κ1) is 18.3. The van der Waals surface area contributed by atoms with Crippen molar-refractivity contribution in [2.75, 3.05) is 0 Å². The van der Waals surface area contributed by atoms with Crippen LogP contribution >= 0.6 is 22.7 Å². The van der Waals surface area contributed by atoms with Crippen LogP contribution in [0.1, 0.15) is 31.9 Å². The van der Waals surface area contributed by atoms with E-state index in [1.54, 1.807) is 44.3 Å². The van der Waals surface area contributed by atoms with Gasteiger partial charge in [-0.15, -0.1) is 0 Å². The quantitative estimate of drug-likeness (QED) is 0.695. The van der Waals surface area contributed by atoms with Gasteiger partial charge in [0, 0.05) is 0 Å². The average molecular weight is 386 g/mol. The van der Waals surface area contributed by atoms with Crippen molar-refractivity contribution in [2.24, 2.45) is 4.99 Å². The third-order valence-electron chi connectivity index (χ3n) is 3.28. The molecule has 0 radical (unpaired) electrons. The Balaban J connectivity index is 1.93. The Bertz CT molecular complexity index is 886. The number of imide groups is 1. The molecule has 0 fully saturated rings. The number of rotatable bonds is 3. The molecule has 2 amide bonds. The summed E-state index contributed by atoms with van der Waals surface area (Å²) in [6.07, 6.45) is 4.40. The second kappa shape index (κ2) is 7.39. The molecule has 2 aromatic heterocycles. The first-order valence-electron chi connectivity index (χ1n) is 7.94. The fraction of sp³-hybridized carbons (Fsp3) is 0.211. The summed E-state index contributed by atoms with van der Waals surface area (Å²) < 4.78 is 5.37. The second-order valence-corrected chi connectivity index (χ2v) is 8.13. The van der Waals surface area contributed by atoms with Gasteiger partial charge < -0.3 is 4.74 Å². The van der Waals surface area contributed by atoms with Gasteiger partial charge in [0.05, 0.1) is 0 Å². The molecule has 0 bridgehead atoms. The Morgan fingerprint density at radius 3 is 2.35 bits per heavy atom. The van der Waals surface area contributed by atoms with Gasteiger partial charge in [-0.1, -0.05) is 6.08 Å². The van der Waals surface area contributed by atoms with E-state index in [0.717, 1.165) is 16.0 Å². The molecule has 5 nitrogen and oxygen atoms in total. The normalized spacial score (nSPS) is 16.6. The lowest BCUT2D eigenvalue weighted by atomic mass is 10.2. The maximum atomic E-state index is 12.7. The van der Waals surface area contributed by atoms with Crippen LogP contribution in [0.15, 0.2) is 50.4 Å². The van der Waals surface area contributed by atoms with Crippen molar-refractivity contribution < 1.29 is 14.3 Å². The first-order chi connectivity index (χ1) is 12.3. The third-order valence-corrected chi connectivity index (χ3v) is 4.68. The number of aliphatic imine (C=N–C) groups is 1. The van der Waals surface area contributed by atoms with Crippen molar-refractivity contribution in [3.8, 4) is 0 Å². The monoisotopic (exact) mass is 386 g/mol. The number of amides is 2.